The number of rotatable bonds is 7. The standard InChI is InChI=1S/C13H19NO6S2/c1-8-7-21-10(12(17)20-4)11(8)22(18,19)14-13(2,3)6-5-9(15)16/h7,14H,5-6H2,1-4H3,(H,15,16). The van der Waals surface area contributed by atoms with Gasteiger partial charge < -0.3 is 9.84 Å². The van der Waals surface area contributed by atoms with Gasteiger partial charge in [0.05, 0.1) is 7.11 Å². The van der Waals surface area contributed by atoms with E-state index in [1.54, 1.807) is 26.2 Å². The van der Waals surface area contributed by atoms with Crippen LogP contribution >= 0.6 is 11.3 Å². The second-order valence-corrected chi connectivity index (χ2v) is 7.95. The molecule has 0 saturated heterocycles. The minimum atomic E-state index is -3.97. The van der Waals surface area contributed by atoms with Crippen LogP contribution in [0.2, 0.25) is 0 Å². The van der Waals surface area contributed by atoms with E-state index in [0.717, 1.165) is 11.3 Å². The number of carbonyl (C=O) groups excluding carboxylic acids is 1. The Balaban J connectivity index is 3.12. The molecule has 1 rings (SSSR count). The molecule has 0 unspecified atom stereocenters. The van der Waals surface area contributed by atoms with Crippen molar-refractivity contribution in [3.63, 3.8) is 0 Å². The quantitative estimate of drug-likeness (QED) is 0.726. The van der Waals surface area contributed by atoms with Gasteiger partial charge in [0.2, 0.25) is 10.0 Å². The predicted octanol–water partition coefficient (Wildman–Crippen LogP) is 1.76. The molecule has 0 saturated carbocycles. The van der Waals surface area contributed by atoms with Crippen molar-refractivity contribution < 1.29 is 27.9 Å². The lowest BCUT2D eigenvalue weighted by atomic mass is 10.0. The number of carboxylic acid groups (broad SMARTS) is 1. The van der Waals surface area contributed by atoms with Crippen molar-refractivity contribution in [2.45, 2.75) is 44.0 Å². The Labute approximate surface area is 133 Å². The number of esters is 1. The zero-order chi connectivity index (χ0) is 17.1. The fourth-order valence-corrected chi connectivity index (χ4v) is 5.04. The van der Waals surface area contributed by atoms with E-state index < -0.39 is 27.5 Å². The van der Waals surface area contributed by atoms with Crippen LogP contribution in [0.15, 0.2) is 10.3 Å². The Morgan fingerprint density at radius 3 is 2.50 bits per heavy atom. The molecule has 0 fully saturated rings. The van der Waals surface area contributed by atoms with Gasteiger partial charge in [-0.1, -0.05) is 0 Å². The number of ether oxygens (including phenoxy) is 1. The third-order valence-corrected chi connectivity index (χ3v) is 6.02. The molecule has 0 amide bonds. The molecular formula is C13H19NO6S2. The van der Waals surface area contributed by atoms with Crippen molar-refractivity contribution in [2.24, 2.45) is 0 Å². The summed E-state index contributed by atoms with van der Waals surface area (Å²) in [6.45, 7) is 4.77. The van der Waals surface area contributed by atoms with Crippen LogP contribution in [0.4, 0.5) is 0 Å². The number of hydrogen-bond donors (Lipinski definition) is 2. The van der Waals surface area contributed by atoms with Crippen molar-refractivity contribution in [3.05, 3.63) is 15.8 Å². The molecular weight excluding hydrogens is 330 g/mol. The summed E-state index contributed by atoms with van der Waals surface area (Å²) < 4.78 is 32.2. The topological polar surface area (TPSA) is 110 Å². The molecule has 1 heterocycles. The lowest BCUT2D eigenvalue weighted by Gasteiger charge is -2.25. The fraction of sp³-hybridized carbons (Fsp3) is 0.538. The van der Waals surface area contributed by atoms with Crippen LogP contribution in [0.5, 0.6) is 0 Å². The first kappa shape index (κ1) is 18.6. The number of aliphatic carboxylic acids is 1. The maximum absolute atomic E-state index is 12.6. The molecule has 1 aromatic rings. The maximum Gasteiger partial charge on any atom is 0.349 e. The first-order valence-electron chi connectivity index (χ1n) is 6.42. The third kappa shape index (κ3) is 4.52. The van der Waals surface area contributed by atoms with Crippen LogP contribution in [-0.4, -0.2) is 38.1 Å². The van der Waals surface area contributed by atoms with E-state index in [1.807, 2.05) is 0 Å². The van der Waals surface area contributed by atoms with Gasteiger partial charge in [-0.25, -0.2) is 17.9 Å². The summed E-state index contributed by atoms with van der Waals surface area (Å²) in [4.78, 5) is 22.2. The summed E-state index contributed by atoms with van der Waals surface area (Å²) in [6, 6.07) is 0. The van der Waals surface area contributed by atoms with Gasteiger partial charge in [0.1, 0.15) is 9.77 Å². The third-order valence-electron chi connectivity index (χ3n) is 2.93. The zero-order valence-corrected chi connectivity index (χ0v) is 14.4. The number of nitrogens with one attached hydrogen (secondary N) is 1. The monoisotopic (exact) mass is 349 g/mol. The number of carbonyl (C=O) groups is 2. The largest absolute Gasteiger partial charge is 0.481 e. The number of aryl methyl sites for hydroxylation is 1. The Morgan fingerprint density at radius 2 is 2.00 bits per heavy atom. The highest BCUT2D eigenvalue weighted by Gasteiger charge is 2.32. The zero-order valence-electron chi connectivity index (χ0n) is 12.8. The van der Waals surface area contributed by atoms with Gasteiger partial charge in [0, 0.05) is 12.0 Å². The number of sulfonamides is 1. The van der Waals surface area contributed by atoms with Crippen LogP contribution in [0.25, 0.3) is 0 Å². The summed E-state index contributed by atoms with van der Waals surface area (Å²) in [5, 5.41) is 10.3. The van der Waals surface area contributed by atoms with Gasteiger partial charge in [-0.2, -0.15) is 0 Å². The second-order valence-electron chi connectivity index (χ2n) is 5.45. The molecule has 22 heavy (non-hydrogen) atoms. The van der Waals surface area contributed by atoms with E-state index in [9.17, 15) is 18.0 Å². The van der Waals surface area contributed by atoms with Gasteiger partial charge in [0.15, 0.2) is 0 Å². The van der Waals surface area contributed by atoms with Crippen molar-refractivity contribution in [1.29, 1.82) is 0 Å². The minimum absolute atomic E-state index is 0.00142. The van der Waals surface area contributed by atoms with E-state index in [4.69, 9.17) is 5.11 Å². The van der Waals surface area contributed by atoms with Crippen LogP contribution in [-0.2, 0) is 19.6 Å². The van der Waals surface area contributed by atoms with E-state index in [-0.39, 0.29) is 22.6 Å². The second kappa shape index (κ2) is 6.76. The average molecular weight is 349 g/mol. The summed E-state index contributed by atoms with van der Waals surface area (Å²) in [6.07, 6.45) is -0.0414. The maximum atomic E-state index is 12.6. The van der Waals surface area contributed by atoms with E-state index in [2.05, 4.69) is 9.46 Å². The van der Waals surface area contributed by atoms with Crippen molar-refractivity contribution in [2.75, 3.05) is 7.11 Å². The number of methoxy groups -OCH3 is 1. The number of thiophene rings is 1. The molecule has 0 aliphatic heterocycles. The van der Waals surface area contributed by atoms with Gasteiger partial charge in [-0.15, -0.1) is 11.3 Å². The Bertz CT molecular complexity index is 675. The number of hydrogen-bond acceptors (Lipinski definition) is 6. The molecule has 0 atom stereocenters. The fourth-order valence-electron chi connectivity index (χ4n) is 1.89. The molecule has 0 radical (unpaired) electrons. The molecule has 9 heteroatoms. The predicted molar refractivity (Wildman–Crippen MR) is 81.7 cm³/mol. The van der Waals surface area contributed by atoms with Gasteiger partial charge >= 0.3 is 11.9 Å². The van der Waals surface area contributed by atoms with Crippen LogP contribution in [0, 0.1) is 6.92 Å². The molecule has 0 spiro atoms. The van der Waals surface area contributed by atoms with Crippen LogP contribution < -0.4 is 4.72 Å². The van der Waals surface area contributed by atoms with Crippen molar-refractivity contribution in [3.8, 4) is 0 Å². The highest BCUT2D eigenvalue weighted by Crippen LogP contribution is 2.29. The van der Waals surface area contributed by atoms with Gasteiger partial charge in [-0.3, -0.25) is 4.79 Å². The molecule has 0 aliphatic carbocycles. The highest BCUT2D eigenvalue weighted by atomic mass is 32.2. The molecule has 124 valence electrons. The number of carboxylic acids is 1. The van der Waals surface area contributed by atoms with E-state index >= 15 is 0 Å². The average Bonchev–Trinajstić information content (AvgIpc) is 2.77. The van der Waals surface area contributed by atoms with Gasteiger partial charge in [-0.05, 0) is 38.1 Å². The Kier molecular flexibility index (Phi) is 5.71. The Morgan fingerprint density at radius 1 is 1.41 bits per heavy atom. The Hall–Kier alpha value is -1.45. The van der Waals surface area contributed by atoms with Crippen molar-refractivity contribution in [1.82, 2.24) is 4.72 Å². The molecule has 1 aromatic heterocycles. The SMILES string of the molecule is COC(=O)c1scc(C)c1S(=O)(=O)NC(C)(C)CCC(=O)O. The smallest absolute Gasteiger partial charge is 0.349 e. The minimum Gasteiger partial charge on any atom is -0.481 e. The van der Waals surface area contributed by atoms with E-state index in [0.29, 0.717) is 5.56 Å². The highest BCUT2D eigenvalue weighted by molar-refractivity contribution is 7.89. The summed E-state index contributed by atoms with van der Waals surface area (Å²) in [5.74, 6) is -1.73. The van der Waals surface area contributed by atoms with Gasteiger partial charge in [0.25, 0.3) is 0 Å². The van der Waals surface area contributed by atoms with E-state index in [1.165, 1.54) is 7.11 Å². The first-order valence-corrected chi connectivity index (χ1v) is 8.78. The lowest BCUT2D eigenvalue weighted by molar-refractivity contribution is -0.137. The van der Waals surface area contributed by atoms with Crippen LogP contribution in [0.1, 0.15) is 41.9 Å². The first-order chi connectivity index (χ1) is 10.00. The molecule has 0 bridgehead atoms. The molecule has 0 aromatic carbocycles. The normalized spacial score (nSPS) is 12.2. The van der Waals surface area contributed by atoms with Crippen molar-refractivity contribution >= 4 is 33.3 Å². The summed E-state index contributed by atoms with van der Waals surface area (Å²) >= 11 is 0.992. The summed E-state index contributed by atoms with van der Waals surface area (Å²) in [7, 11) is -2.79. The van der Waals surface area contributed by atoms with Crippen LogP contribution in [0.3, 0.4) is 0 Å². The lowest BCUT2D eigenvalue weighted by Crippen LogP contribution is -2.44. The molecule has 7 nitrogen and oxygen atoms in total. The molecule has 0 aliphatic rings. The summed E-state index contributed by atoms with van der Waals surface area (Å²) in [5.41, 5.74) is -0.522. The molecule has 2 N–H and O–H groups in total.